The summed E-state index contributed by atoms with van der Waals surface area (Å²) in [6, 6.07) is 14.1. The van der Waals surface area contributed by atoms with Crippen LogP contribution in [0.3, 0.4) is 0 Å². The molecule has 10 nitrogen and oxygen atoms in total. The van der Waals surface area contributed by atoms with Gasteiger partial charge >= 0.3 is 0 Å². The molecular weight excluding hydrogens is 596 g/mol. The Kier molecular flexibility index (Phi) is 9.84. The van der Waals surface area contributed by atoms with Crippen LogP contribution in [0.2, 0.25) is 0 Å². The number of alkyl halides is 2. The molecule has 0 atom stereocenters. The normalized spacial score (nSPS) is 16.7. The number of anilines is 1. The van der Waals surface area contributed by atoms with Crippen LogP contribution in [-0.2, 0) is 11.2 Å². The molecule has 2 fully saturated rings. The number of hydrogen-bond acceptors (Lipinski definition) is 10. The highest BCUT2D eigenvalue weighted by Gasteiger charge is 2.34. The lowest BCUT2D eigenvalue weighted by atomic mass is 10.1. The highest BCUT2D eigenvalue weighted by molar-refractivity contribution is 5.96. The first-order chi connectivity index (χ1) is 22.4. The highest BCUT2D eigenvalue weighted by atomic mass is 19.3. The van der Waals surface area contributed by atoms with E-state index >= 15 is 0 Å². The van der Waals surface area contributed by atoms with Crippen LogP contribution >= 0.6 is 0 Å². The fourth-order valence-corrected chi connectivity index (χ4v) is 5.56. The second-order valence-corrected chi connectivity index (χ2v) is 11.4. The topological polar surface area (TPSA) is 99.1 Å². The predicted molar refractivity (Wildman–Crippen MR) is 169 cm³/mol. The first-order valence-electron chi connectivity index (χ1n) is 15.5. The number of pyridine rings is 3. The smallest absolute Gasteiger partial charge is 0.251 e. The van der Waals surface area contributed by atoms with Gasteiger partial charge in [0.25, 0.3) is 5.92 Å². The van der Waals surface area contributed by atoms with E-state index in [0.717, 1.165) is 44.7 Å². The van der Waals surface area contributed by atoms with E-state index in [0.29, 0.717) is 46.6 Å². The molecule has 2 aliphatic rings. The van der Waals surface area contributed by atoms with Crippen molar-refractivity contribution in [1.82, 2.24) is 19.9 Å². The van der Waals surface area contributed by atoms with Crippen molar-refractivity contribution >= 4 is 22.5 Å². The molecule has 5 heterocycles. The molecule has 0 N–H and O–H groups in total. The number of piperidine rings is 1. The van der Waals surface area contributed by atoms with Gasteiger partial charge in [0.2, 0.25) is 0 Å². The summed E-state index contributed by atoms with van der Waals surface area (Å²) >= 11 is 0. The van der Waals surface area contributed by atoms with Gasteiger partial charge in [-0.1, -0.05) is 6.07 Å². The first kappa shape index (κ1) is 31.6. The van der Waals surface area contributed by atoms with E-state index in [1.54, 1.807) is 60.8 Å². The fourth-order valence-electron chi connectivity index (χ4n) is 5.56. The largest absolute Gasteiger partial charge is 0.493 e. The Morgan fingerprint density at radius 2 is 1.80 bits per heavy atom. The van der Waals surface area contributed by atoms with Crippen molar-refractivity contribution in [2.24, 2.45) is 0 Å². The average molecular weight is 634 g/mol. The Labute approximate surface area is 266 Å². The van der Waals surface area contributed by atoms with Gasteiger partial charge < -0.3 is 23.8 Å². The van der Waals surface area contributed by atoms with Crippen LogP contribution in [0.25, 0.3) is 10.9 Å². The minimum Gasteiger partial charge on any atom is -0.493 e. The summed E-state index contributed by atoms with van der Waals surface area (Å²) < 4.78 is 50.4. The number of Topliss-reactive ketones (excluding diaryl/α,β-unsaturated/α-hetero) is 1. The molecule has 4 aromatic rings. The Bertz CT molecular complexity index is 1640. The van der Waals surface area contributed by atoms with E-state index in [1.807, 2.05) is 12.1 Å². The maximum Gasteiger partial charge on any atom is 0.251 e. The third-order valence-corrected chi connectivity index (χ3v) is 8.17. The number of carbonyl (C=O) groups is 1. The number of nitrogens with zero attached hydrogens (tertiary/aromatic N) is 5. The van der Waals surface area contributed by atoms with Gasteiger partial charge in [-0.15, -0.1) is 0 Å². The van der Waals surface area contributed by atoms with Crippen molar-refractivity contribution in [3.05, 3.63) is 72.3 Å². The Morgan fingerprint density at radius 1 is 0.978 bits per heavy atom. The van der Waals surface area contributed by atoms with Gasteiger partial charge in [-0.2, -0.15) is 0 Å². The molecule has 0 amide bonds. The summed E-state index contributed by atoms with van der Waals surface area (Å²) in [5, 5.41) is 0.752. The van der Waals surface area contributed by atoms with Crippen molar-refractivity contribution in [3.8, 4) is 23.0 Å². The number of fused-ring (bicyclic) bond motifs is 1. The number of rotatable bonds is 12. The molecule has 2 saturated heterocycles. The Hall–Kier alpha value is -4.42. The molecule has 3 aromatic heterocycles. The van der Waals surface area contributed by atoms with E-state index in [9.17, 15) is 13.6 Å². The van der Waals surface area contributed by atoms with Gasteiger partial charge in [0.15, 0.2) is 17.3 Å². The molecule has 0 spiro atoms. The van der Waals surface area contributed by atoms with Crippen molar-refractivity contribution in [2.75, 3.05) is 64.6 Å². The van der Waals surface area contributed by atoms with Crippen LogP contribution in [0, 0.1) is 0 Å². The van der Waals surface area contributed by atoms with Gasteiger partial charge in [-0.25, -0.2) is 13.8 Å². The van der Waals surface area contributed by atoms with Crippen molar-refractivity contribution in [1.29, 1.82) is 0 Å². The SMILES string of the molecule is COc1cc2c(Oc3ccc(CC(=O)c4cccc(N5CCC(F)(F)CC5)n4)nc3)ccnc2cc1OCCCN1CCOCC1. The molecule has 12 heteroatoms. The number of carbonyl (C=O) groups excluding carboxylic acids is 1. The summed E-state index contributed by atoms with van der Waals surface area (Å²) in [5.74, 6) is -0.0601. The standard InChI is InChI=1S/C34H37F2N5O5/c1-43-31-21-26-28(22-32(31)45-17-3-12-40-15-18-44-19-16-40)37-11-8-30(26)46-25-7-6-24(38-23-25)20-29(42)27-4-2-5-33(39-27)41-13-9-34(35,36)10-14-41/h2,4-8,11,21-23H,3,9-10,12-20H2,1H3. The number of methoxy groups -OCH3 is 1. The van der Waals surface area contributed by atoms with Gasteiger partial charge in [0.1, 0.15) is 23.0 Å². The summed E-state index contributed by atoms with van der Waals surface area (Å²) in [4.78, 5) is 30.6. The van der Waals surface area contributed by atoms with Crippen LogP contribution in [0.4, 0.5) is 14.6 Å². The minimum atomic E-state index is -2.65. The van der Waals surface area contributed by atoms with Gasteiger partial charge in [0, 0.05) is 68.9 Å². The first-order valence-corrected chi connectivity index (χ1v) is 15.5. The molecule has 0 bridgehead atoms. The summed E-state index contributed by atoms with van der Waals surface area (Å²) in [5.41, 5.74) is 1.53. The van der Waals surface area contributed by atoms with Crippen LogP contribution in [0.5, 0.6) is 23.0 Å². The van der Waals surface area contributed by atoms with E-state index in [1.165, 1.54) is 0 Å². The quantitative estimate of drug-likeness (QED) is 0.145. The van der Waals surface area contributed by atoms with Crippen molar-refractivity contribution < 1.29 is 32.5 Å². The molecule has 0 aliphatic carbocycles. The molecule has 0 saturated carbocycles. The van der Waals surface area contributed by atoms with Gasteiger partial charge in [0.05, 0.1) is 45.1 Å². The lowest BCUT2D eigenvalue weighted by molar-refractivity contribution is -0.0221. The maximum absolute atomic E-state index is 13.6. The third-order valence-electron chi connectivity index (χ3n) is 8.17. The molecule has 1 aromatic carbocycles. The van der Waals surface area contributed by atoms with Crippen LogP contribution in [-0.4, -0.2) is 91.2 Å². The van der Waals surface area contributed by atoms with Crippen LogP contribution in [0.1, 0.15) is 35.4 Å². The highest BCUT2D eigenvalue weighted by Crippen LogP contribution is 2.37. The third kappa shape index (κ3) is 7.86. The van der Waals surface area contributed by atoms with E-state index in [2.05, 4.69) is 19.9 Å². The van der Waals surface area contributed by atoms with E-state index in [4.69, 9.17) is 18.9 Å². The lowest BCUT2D eigenvalue weighted by Gasteiger charge is -2.32. The molecule has 0 unspecified atom stereocenters. The van der Waals surface area contributed by atoms with Crippen molar-refractivity contribution in [2.45, 2.75) is 31.6 Å². The number of halogens is 2. The zero-order chi connectivity index (χ0) is 31.9. The second kappa shape index (κ2) is 14.3. The molecule has 2 aliphatic heterocycles. The van der Waals surface area contributed by atoms with E-state index < -0.39 is 5.92 Å². The number of hydrogen-bond donors (Lipinski definition) is 0. The molecule has 242 valence electrons. The second-order valence-electron chi connectivity index (χ2n) is 11.4. The summed E-state index contributed by atoms with van der Waals surface area (Å²) in [6.45, 7) is 5.34. The molecule has 46 heavy (non-hydrogen) atoms. The number of ketones is 1. The molecular formula is C34H37F2N5O5. The number of ether oxygens (including phenoxy) is 4. The Balaban J connectivity index is 1.07. The van der Waals surface area contributed by atoms with Crippen LogP contribution in [0.15, 0.2) is 60.9 Å². The van der Waals surface area contributed by atoms with Gasteiger partial charge in [-0.05, 0) is 42.8 Å². The summed E-state index contributed by atoms with van der Waals surface area (Å²) in [6.07, 6.45) is 3.72. The zero-order valence-corrected chi connectivity index (χ0v) is 25.8. The number of benzene rings is 1. The molecule has 0 radical (unpaired) electrons. The van der Waals surface area contributed by atoms with Gasteiger partial charge in [-0.3, -0.25) is 19.7 Å². The predicted octanol–water partition coefficient (Wildman–Crippen LogP) is 5.59. The van der Waals surface area contributed by atoms with E-state index in [-0.39, 0.29) is 43.8 Å². The minimum absolute atomic E-state index is 0.0411. The molecule has 6 rings (SSSR count). The van der Waals surface area contributed by atoms with Crippen molar-refractivity contribution in [3.63, 3.8) is 0 Å². The van der Waals surface area contributed by atoms with Crippen LogP contribution < -0.4 is 19.1 Å². The lowest BCUT2D eigenvalue weighted by Crippen LogP contribution is -2.39. The number of morpholine rings is 1. The monoisotopic (exact) mass is 633 g/mol. The zero-order valence-electron chi connectivity index (χ0n) is 25.8. The average Bonchev–Trinajstić information content (AvgIpc) is 3.08. The summed E-state index contributed by atoms with van der Waals surface area (Å²) in [7, 11) is 1.60. The maximum atomic E-state index is 13.6. The number of aromatic nitrogens is 3. The Morgan fingerprint density at radius 3 is 2.57 bits per heavy atom. The fraction of sp³-hybridized carbons (Fsp3) is 0.412.